The molecule has 96 valence electrons. The molecular formula is C15H18BrNO. The van der Waals surface area contributed by atoms with Crippen molar-refractivity contribution in [3.8, 4) is 11.3 Å². The van der Waals surface area contributed by atoms with E-state index in [0.29, 0.717) is 6.04 Å². The molecule has 2 aromatic rings. The average Bonchev–Trinajstić information content (AvgIpc) is 2.78. The van der Waals surface area contributed by atoms with Crippen LogP contribution in [0.5, 0.6) is 0 Å². The number of hydrogen-bond donors (Lipinski definition) is 1. The van der Waals surface area contributed by atoms with Crippen LogP contribution in [0.3, 0.4) is 0 Å². The van der Waals surface area contributed by atoms with Gasteiger partial charge >= 0.3 is 0 Å². The molecule has 3 heteroatoms. The third-order valence-electron chi connectivity index (χ3n) is 2.80. The van der Waals surface area contributed by atoms with Gasteiger partial charge in [0.15, 0.2) is 0 Å². The van der Waals surface area contributed by atoms with Crippen molar-refractivity contribution in [3.63, 3.8) is 0 Å². The fourth-order valence-corrected chi connectivity index (χ4v) is 2.22. The Balaban J connectivity index is 2.21. The van der Waals surface area contributed by atoms with Crippen LogP contribution >= 0.6 is 15.9 Å². The molecule has 1 aromatic carbocycles. The van der Waals surface area contributed by atoms with Crippen molar-refractivity contribution in [2.75, 3.05) is 0 Å². The van der Waals surface area contributed by atoms with Gasteiger partial charge in [0.25, 0.3) is 0 Å². The van der Waals surface area contributed by atoms with Crippen LogP contribution in [-0.2, 0) is 6.54 Å². The number of rotatable bonds is 4. The van der Waals surface area contributed by atoms with E-state index >= 15 is 0 Å². The summed E-state index contributed by atoms with van der Waals surface area (Å²) in [5.41, 5.74) is 2.32. The first-order valence-corrected chi connectivity index (χ1v) is 6.95. The maximum absolute atomic E-state index is 5.86. The van der Waals surface area contributed by atoms with Gasteiger partial charge < -0.3 is 9.73 Å². The van der Waals surface area contributed by atoms with Crippen molar-refractivity contribution in [1.82, 2.24) is 5.32 Å². The Morgan fingerprint density at radius 3 is 2.72 bits per heavy atom. The lowest BCUT2D eigenvalue weighted by atomic mass is 10.1. The Morgan fingerprint density at radius 1 is 1.22 bits per heavy atom. The van der Waals surface area contributed by atoms with Crippen molar-refractivity contribution in [2.45, 2.75) is 33.4 Å². The Labute approximate surface area is 117 Å². The SMILES string of the molecule is Cc1cccc(-c2ccc(CNC(C)C)o2)c1Br. The highest BCUT2D eigenvalue weighted by Gasteiger charge is 2.09. The largest absolute Gasteiger partial charge is 0.460 e. The van der Waals surface area contributed by atoms with Gasteiger partial charge in [0.2, 0.25) is 0 Å². The molecule has 0 radical (unpaired) electrons. The molecule has 2 nitrogen and oxygen atoms in total. The zero-order valence-electron chi connectivity index (χ0n) is 11.0. The summed E-state index contributed by atoms with van der Waals surface area (Å²) >= 11 is 3.61. The van der Waals surface area contributed by atoms with E-state index < -0.39 is 0 Å². The van der Waals surface area contributed by atoms with E-state index in [1.165, 1.54) is 5.56 Å². The lowest BCUT2D eigenvalue weighted by Crippen LogP contribution is -2.21. The molecule has 0 amide bonds. The van der Waals surface area contributed by atoms with Crippen LogP contribution in [0.2, 0.25) is 0 Å². The summed E-state index contributed by atoms with van der Waals surface area (Å²) in [5, 5.41) is 3.35. The predicted octanol–water partition coefficient (Wildman–Crippen LogP) is 4.52. The second kappa shape index (κ2) is 5.72. The van der Waals surface area contributed by atoms with Gasteiger partial charge in [-0.1, -0.05) is 32.0 Å². The van der Waals surface area contributed by atoms with Gasteiger partial charge in [-0.05, 0) is 40.5 Å². The molecule has 0 saturated heterocycles. The van der Waals surface area contributed by atoms with E-state index in [4.69, 9.17) is 4.42 Å². The number of halogens is 1. The van der Waals surface area contributed by atoms with Gasteiger partial charge in [-0.2, -0.15) is 0 Å². The molecule has 0 unspecified atom stereocenters. The van der Waals surface area contributed by atoms with Gasteiger partial charge in [-0.3, -0.25) is 0 Å². The molecule has 0 aliphatic carbocycles. The molecule has 0 saturated carbocycles. The fraction of sp³-hybridized carbons (Fsp3) is 0.333. The van der Waals surface area contributed by atoms with Gasteiger partial charge in [-0.15, -0.1) is 0 Å². The first kappa shape index (κ1) is 13.4. The Hall–Kier alpha value is -1.06. The highest BCUT2D eigenvalue weighted by molar-refractivity contribution is 9.10. The van der Waals surface area contributed by atoms with E-state index in [9.17, 15) is 0 Å². The summed E-state index contributed by atoms with van der Waals surface area (Å²) < 4.78 is 6.96. The summed E-state index contributed by atoms with van der Waals surface area (Å²) in [5.74, 6) is 1.87. The first-order valence-electron chi connectivity index (χ1n) is 6.15. The third kappa shape index (κ3) is 3.03. The fourth-order valence-electron chi connectivity index (χ4n) is 1.76. The lowest BCUT2D eigenvalue weighted by molar-refractivity contribution is 0.473. The van der Waals surface area contributed by atoms with Gasteiger partial charge in [0.1, 0.15) is 11.5 Å². The number of furan rings is 1. The quantitative estimate of drug-likeness (QED) is 0.898. The van der Waals surface area contributed by atoms with Crippen LogP contribution in [0.15, 0.2) is 39.2 Å². The molecule has 0 aliphatic rings. The van der Waals surface area contributed by atoms with Crippen LogP contribution in [-0.4, -0.2) is 6.04 Å². The van der Waals surface area contributed by atoms with Gasteiger partial charge in [0, 0.05) is 16.1 Å². The molecule has 1 heterocycles. The Kier molecular flexibility index (Phi) is 4.25. The smallest absolute Gasteiger partial charge is 0.135 e. The van der Waals surface area contributed by atoms with E-state index in [1.807, 2.05) is 18.2 Å². The van der Waals surface area contributed by atoms with Crippen LogP contribution < -0.4 is 5.32 Å². The van der Waals surface area contributed by atoms with E-state index in [1.54, 1.807) is 0 Å². The van der Waals surface area contributed by atoms with Gasteiger partial charge in [0.05, 0.1) is 6.54 Å². The zero-order valence-corrected chi connectivity index (χ0v) is 12.5. The van der Waals surface area contributed by atoms with Crippen LogP contribution in [0.25, 0.3) is 11.3 Å². The van der Waals surface area contributed by atoms with Crippen LogP contribution in [0, 0.1) is 6.92 Å². The summed E-state index contributed by atoms with van der Waals surface area (Å²) in [4.78, 5) is 0. The molecule has 1 N–H and O–H groups in total. The molecule has 1 aromatic heterocycles. The normalized spacial score (nSPS) is 11.2. The molecule has 2 rings (SSSR count). The maximum atomic E-state index is 5.86. The second-order valence-electron chi connectivity index (χ2n) is 4.74. The topological polar surface area (TPSA) is 25.2 Å². The number of nitrogens with one attached hydrogen (secondary N) is 1. The van der Waals surface area contributed by atoms with Crippen molar-refractivity contribution in [1.29, 1.82) is 0 Å². The number of hydrogen-bond acceptors (Lipinski definition) is 2. The predicted molar refractivity (Wildman–Crippen MR) is 78.6 cm³/mol. The molecule has 0 atom stereocenters. The molecule has 0 fully saturated rings. The maximum Gasteiger partial charge on any atom is 0.135 e. The van der Waals surface area contributed by atoms with Crippen molar-refractivity contribution in [3.05, 3.63) is 46.1 Å². The minimum absolute atomic E-state index is 0.462. The monoisotopic (exact) mass is 307 g/mol. The molecule has 0 aliphatic heterocycles. The third-order valence-corrected chi connectivity index (χ3v) is 3.86. The van der Waals surface area contributed by atoms with E-state index in [-0.39, 0.29) is 0 Å². The van der Waals surface area contributed by atoms with Gasteiger partial charge in [-0.25, -0.2) is 0 Å². The highest BCUT2D eigenvalue weighted by atomic mass is 79.9. The van der Waals surface area contributed by atoms with E-state index in [0.717, 1.165) is 28.1 Å². The van der Waals surface area contributed by atoms with Crippen LogP contribution in [0.1, 0.15) is 25.2 Å². The van der Waals surface area contributed by atoms with Crippen molar-refractivity contribution < 1.29 is 4.42 Å². The zero-order chi connectivity index (χ0) is 13.1. The minimum atomic E-state index is 0.462. The Morgan fingerprint density at radius 2 is 2.00 bits per heavy atom. The standard InChI is InChI=1S/C15H18BrNO/c1-10(2)17-9-12-7-8-14(18-12)13-6-4-5-11(3)15(13)16/h4-8,10,17H,9H2,1-3H3. The summed E-state index contributed by atoms with van der Waals surface area (Å²) in [7, 11) is 0. The van der Waals surface area contributed by atoms with Crippen LogP contribution in [0.4, 0.5) is 0 Å². The number of benzene rings is 1. The molecular weight excluding hydrogens is 290 g/mol. The second-order valence-corrected chi connectivity index (χ2v) is 5.53. The van der Waals surface area contributed by atoms with Crippen molar-refractivity contribution in [2.24, 2.45) is 0 Å². The first-order chi connectivity index (χ1) is 8.58. The highest BCUT2D eigenvalue weighted by Crippen LogP contribution is 2.31. The summed E-state index contributed by atoms with van der Waals surface area (Å²) in [6, 6.07) is 10.7. The molecule has 0 spiro atoms. The summed E-state index contributed by atoms with van der Waals surface area (Å²) in [6.45, 7) is 7.10. The lowest BCUT2D eigenvalue weighted by Gasteiger charge is -2.06. The Bertz CT molecular complexity index is 531. The minimum Gasteiger partial charge on any atom is -0.460 e. The average molecular weight is 308 g/mol. The molecule has 0 bridgehead atoms. The van der Waals surface area contributed by atoms with Crippen molar-refractivity contribution >= 4 is 15.9 Å². The number of aryl methyl sites for hydroxylation is 1. The van der Waals surface area contributed by atoms with E-state index in [2.05, 4.69) is 54.2 Å². The molecule has 18 heavy (non-hydrogen) atoms. The summed E-state index contributed by atoms with van der Waals surface area (Å²) in [6.07, 6.45) is 0.